The van der Waals surface area contributed by atoms with Crippen LogP contribution in [0.2, 0.25) is 0 Å². The number of methoxy groups -OCH3 is 1. The molecule has 18 heavy (non-hydrogen) atoms. The number of rotatable bonds is 5. The maximum Gasteiger partial charge on any atom is 0.222 e. The second kappa shape index (κ2) is 7.10. The summed E-state index contributed by atoms with van der Waals surface area (Å²) < 4.78 is 5.16. The van der Waals surface area contributed by atoms with Crippen LogP contribution in [-0.4, -0.2) is 50.7 Å². The minimum Gasteiger partial charge on any atom is -0.384 e. The van der Waals surface area contributed by atoms with Gasteiger partial charge in [-0.25, -0.2) is 0 Å². The highest BCUT2D eigenvalue weighted by atomic mass is 16.5. The molecule has 2 saturated heterocycles. The van der Waals surface area contributed by atoms with Crippen LogP contribution >= 0.6 is 0 Å². The van der Waals surface area contributed by atoms with Gasteiger partial charge >= 0.3 is 0 Å². The molecular weight excluding hydrogens is 228 g/mol. The summed E-state index contributed by atoms with van der Waals surface area (Å²) in [5, 5.41) is 3.37. The molecule has 0 aromatic carbocycles. The van der Waals surface area contributed by atoms with Crippen LogP contribution in [0.1, 0.15) is 32.1 Å². The Labute approximate surface area is 110 Å². The molecule has 0 radical (unpaired) electrons. The number of ether oxygens (including phenoxy) is 1. The number of hydrogen-bond donors (Lipinski definition) is 1. The summed E-state index contributed by atoms with van der Waals surface area (Å²) in [5.74, 6) is 1.66. The minimum absolute atomic E-state index is 0.354. The number of carbonyl (C=O) groups is 1. The van der Waals surface area contributed by atoms with Crippen molar-refractivity contribution >= 4 is 5.91 Å². The first-order valence-corrected chi connectivity index (χ1v) is 7.27. The molecule has 2 fully saturated rings. The first-order chi connectivity index (χ1) is 8.79. The smallest absolute Gasteiger partial charge is 0.222 e. The molecule has 1 atom stereocenters. The summed E-state index contributed by atoms with van der Waals surface area (Å²) in [6.45, 7) is 4.87. The van der Waals surface area contributed by atoms with Gasteiger partial charge in [-0.15, -0.1) is 0 Å². The molecule has 4 heteroatoms. The van der Waals surface area contributed by atoms with E-state index in [0.29, 0.717) is 11.8 Å². The number of likely N-dealkylation sites (tertiary alicyclic amines) is 1. The van der Waals surface area contributed by atoms with Crippen molar-refractivity contribution in [2.45, 2.75) is 32.1 Å². The molecule has 0 aromatic heterocycles. The predicted octanol–water partition coefficient (Wildman–Crippen LogP) is 1.26. The van der Waals surface area contributed by atoms with Crippen molar-refractivity contribution in [3.05, 3.63) is 0 Å². The molecule has 2 heterocycles. The number of piperidine rings is 1. The van der Waals surface area contributed by atoms with Gasteiger partial charge in [-0.2, -0.15) is 0 Å². The van der Waals surface area contributed by atoms with Crippen LogP contribution in [-0.2, 0) is 9.53 Å². The van der Waals surface area contributed by atoms with E-state index in [1.54, 1.807) is 7.11 Å². The zero-order valence-corrected chi connectivity index (χ0v) is 11.5. The van der Waals surface area contributed by atoms with Crippen LogP contribution in [0.4, 0.5) is 0 Å². The SMILES string of the molecule is COCC1CCN(C(=O)CCC2CCNCC2)C1. The van der Waals surface area contributed by atoms with Gasteiger partial charge in [0.2, 0.25) is 5.91 Å². The Morgan fingerprint density at radius 1 is 1.28 bits per heavy atom. The number of nitrogens with one attached hydrogen (secondary N) is 1. The Balaban J connectivity index is 1.65. The van der Waals surface area contributed by atoms with E-state index in [-0.39, 0.29) is 0 Å². The van der Waals surface area contributed by atoms with E-state index in [9.17, 15) is 4.79 Å². The number of amides is 1. The average Bonchev–Trinajstić information content (AvgIpc) is 2.86. The van der Waals surface area contributed by atoms with Gasteiger partial charge in [0, 0.05) is 32.5 Å². The van der Waals surface area contributed by atoms with E-state index in [4.69, 9.17) is 4.74 Å². The van der Waals surface area contributed by atoms with Crippen LogP contribution < -0.4 is 5.32 Å². The summed E-state index contributed by atoms with van der Waals surface area (Å²) in [7, 11) is 1.74. The van der Waals surface area contributed by atoms with Gasteiger partial charge in [0.1, 0.15) is 0 Å². The normalized spacial score (nSPS) is 25.6. The van der Waals surface area contributed by atoms with Crippen molar-refractivity contribution < 1.29 is 9.53 Å². The third kappa shape index (κ3) is 3.95. The van der Waals surface area contributed by atoms with Gasteiger partial charge in [0.05, 0.1) is 6.61 Å². The van der Waals surface area contributed by atoms with E-state index in [0.717, 1.165) is 58.0 Å². The van der Waals surface area contributed by atoms with E-state index >= 15 is 0 Å². The van der Waals surface area contributed by atoms with Gasteiger partial charge in [0.25, 0.3) is 0 Å². The maximum absolute atomic E-state index is 12.1. The topological polar surface area (TPSA) is 41.6 Å². The van der Waals surface area contributed by atoms with Crippen molar-refractivity contribution in [1.82, 2.24) is 10.2 Å². The van der Waals surface area contributed by atoms with Crippen LogP contribution in [0, 0.1) is 11.8 Å². The molecule has 1 unspecified atom stereocenters. The zero-order chi connectivity index (χ0) is 12.8. The third-order valence-corrected chi connectivity index (χ3v) is 4.27. The fraction of sp³-hybridized carbons (Fsp3) is 0.929. The summed E-state index contributed by atoms with van der Waals surface area (Å²) >= 11 is 0. The summed E-state index contributed by atoms with van der Waals surface area (Å²) in [6, 6.07) is 0. The Hall–Kier alpha value is -0.610. The van der Waals surface area contributed by atoms with Crippen LogP contribution in [0.25, 0.3) is 0 Å². The molecule has 0 spiro atoms. The number of nitrogens with zero attached hydrogens (tertiary/aromatic N) is 1. The average molecular weight is 254 g/mol. The molecule has 1 N–H and O–H groups in total. The van der Waals surface area contributed by atoms with Crippen molar-refractivity contribution in [2.24, 2.45) is 11.8 Å². The van der Waals surface area contributed by atoms with E-state index in [2.05, 4.69) is 5.32 Å². The summed E-state index contributed by atoms with van der Waals surface area (Å²) in [5.41, 5.74) is 0. The number of hydrogen-bond acceptors (Lipinski definition) is 3. The Kier molecular flexibility index (Phi) is 5.45. The second-order valence-corrected chi connectivity index (χ2v) is 5.68. The molecule has 0 aliphatic carbocycles. The highest BCUT2D eigenvalue weighted by Gasteiger charge is 2.26. The monoisotopic (exact) mass is 254 g/mol. The van der Waals surface area contributed by atoms with Gasteiger partial charge in [-0.05, 0) is 44.7 Å². The van der Waals surface area contributed by atoms with E-state index in [1.807, 2.05) is 4.90 Å². The van der Waals surface area contributed by atoms with Crippen molar-refractivity contribution in [3.63, 3.8) is 0 Å². The standard InChI is InChI=1S/C14H26N2O2/c1-18-11-13-6-9-16(10-13)14(17)3-2-12-4-7-15-8-5-12/h12-13,15H,2-11H2,1H3. The lowest BCUT2D eigenvalue weighted by atomic mass is 9.93. The van der Waals surface area contributed by atoms with Crippen LogP contribution in [0.15, 0.2) is 0 Å². The van der Waals surface area contributed by atoms with Gasteiger partial charge in [-0.1, -0.05) is 0 Å². The van der Waals surface area contributed by atoms with Gasteiger partial charge in [0.15, 0.2) is 0 Å². The molecule has 2 aliphatic rings. The number of carbonyl (C=O) groups excluding carboxylic acids is 1. The van der Waals surface area contributed by atoms with Crippen molar-refractivity contribution in [1.29, 1.82) is 0 Å². The second-order valence-electron chi connectivity index (χ2n) is 5.68. The highest BCUT2D eigenvalue weighted by Crippen LogP contribution is 2.21. The van der Waals surface area contributed by atoms with Crippen molar-refractivity contribution in [2.75, 3.05) is 39.9 Å². The molecule has 0 bridgehead atoms. The molecule has 0 aromatic rings. The molecule has 4 nitrogen and oxygen atoms in total. The van der Waals surface area contributed by atoms with E-state index < -0.39 is 0 Å². The molecule has 2 rings (SSSR count). The van der Waals surface area contributed by atoms with Crippen molar-refractivity contribution in [3.8, 4) is 0 Å². The van der Waals surface area contributed by atoms with Crippen LogP contribution in [0.3, 0.4) is 0 Å². The summed E-state index contributed by atoms with van der Waals surface area (Å²) in [6.07, 6.45) is 5.39. The predicted molar refractivity (Wildman–Crippen MR) is 71.4 cm³/mol. The lowest BCUT2D eigenvalue weighted by molar-refractivity contribution is -0.130. The Morgan fingerprint density at radius 3 is 2.78 bits per heavy atom. The van der Waals surface area contributed by atoms with E-state index in [1.165, 1.54) is 12.8 Å². The molecule has 2 aliphatic heterocycles. The molecular formula is C14H26N2O2. The summed E-state index contributed by atoms with van der Waals surface area (Å²) in [4.78, 5) is 14.1. The molecule has 1 amide bonds. The molecule has 0 saturated carbocycles. The largest absolute Gasteiger partial charge is 0.384 e. The highest BCUT2D eigenvalue weighted by molar-refractivity contribution is 5.76. The van der Waals surface area contributed by atoms with Crippen LogP contribution in [0.5, 0.6) is 0 Å². The fourth-order valence-electron chi connectivity index (χ4n) is 3.09. The minimum atomic E-state index is 0.354. The lowest BCUT2D eigenvalue weighted by Gasteiger charge is -2.23. The molecule has 104 valence electrons. The third-order valence-electron chi connectivity index (χ3n) is 4.27. The quantitative estimate of drug-likeness (QED) is 0.803. The maximum atomic E-state index is 12.1. The van der Waals surface area contributed by atoms with Gasteiger partial charge in [-0.3, -0.25) is 4.79 Å². The first-order valence-electron chi connectivity index (χ1n) is 7.27. The zero-order valence-electron chi connectivity index (χ0n) is 11.5. The first kappa shape index (κ1) is 13.8. The Bertz CT molecular complexity index is 265. The lowest BCUT2D eigenvalue weighted by Crippen LogP contribution is -2.31. The fourth-order valence-corrected chi connectivity index (χ4v) is 3.09. The van der Waals surface area contributed by atoms with Gasteiger partial charge < -0.3 is 15.0 Å². The Morgan fingerprint density at radius 2 is 2.06 bits per heavy atom.